The van der Waals surface area contributed by atoms with E-state index in [-0.39, 0.29) is 11.7 Å². The van der Waals surface area contributed by atoms with Crippen LogP contribution in [0.4, 0.5) is 20.2 Å². The molecule has 0 atom stereocenters. The number of aryl methyl sites for hydroxylation is 1. The van der Waals surface area contributed by atoms with Crippen molar-refractivity contribution in [3.8, 4) is 22.7 Å². The van der Waals surface area contributed by atoms with Gasteiger partial charge in [0.25, 0.3) is 5.56 Å². The Labute approximate surface area is 335 Å². The van der Waals surface area contributed by atoms with Crippen LogP contribution in [-0.4, -0.2) is 107 Å². The number of pyridine rings is 1. The third-order valence-corrected chi connectivity index (χ3v) is 5.75. The molecular weight excluding hydrogens is 740 g/mol. The molecule has 1 amide bonds. The predicted molar refractivity (Wildman–Crippen MR) is 219 cm³/mol. The number of nitrogens with two attached hydrogens (primary N) is 1. The highest BCUT2D eigenvalue weighted by atomic mass is 16.6. The van der Waals surface area contributed by atoms with E-state index in [0.29, 0.717) is 30.5 Å². The van der Waals surface area contributed by atoms with Crippen molar-refractivity contribution in [2.24, 2.45) is 11.8 Å². The molecule has 6 N–H and O–H groups in total. The molecule has 4 aromatic rings. The maximum Gasteiger partial charge on any atom is 0.503 e. The van der Waals surface area contributed by atoms with Gasteiger partial charge in [-0.25, -0.2) is 19.4 Å². The second-order valence-corrected chi connectivity index (χ2v) is 14.8. The molecule has 3 heterocycles. The lowest BCUT2D eigenvalue weighted by molar-refractivity contribution is 0.0284. The first-order valence-electron chi connectivity index (χ1n) is 17.8. The van der Waals surface area contributed by atoms with Gasteiger partial charge in [-0.2, -0.15) is 0 Å². The van der Waals surface area contributed by atoms with E-state index in [0.717, 1.165) is 40.6 Å². The Kier molecular flexibility index (Phi) is 25.6. The van der Waals surface area contributed by atoms with Crippen LogP contribution in [0.15, 0.2) is 64.5 Å². The molecule has 18 nitrogen and oxygen atoms in total. The number of nitrogens with zero attached hydrogens (tertiary/aromatic N) is 7. The molecule has 0 unspecified atom stereocenters. The molecule has 57 heavy (non-hydrogen) atoms. The highest BCUT2D eigenvalue weighted by molar-refractivity contribution is 5.68. The fourth-order valence-electron chi connectivity index (χ4n) is 3.69. The van der Waals surface area contributed by atoms with E-state index in [1.54, 1.807) is 41.0 Å². The zero-order valence-corrected chi connectivity index (χ0v) is 35.4. The number of nitrogen functional groups attached to an aromatic ring is 1. The smallest absolute Gasteiger partial charge is 0.450 e. The summed E-state index contributed by atoms with van der Waals surface area (Å²) in [6.07, 6.45) is 2.20. The first kappa shape index (κ1) is 53.1. The SMILES string of the molecule is CC(C)C.CC(C)C.CN(C)CCn1cc(-c2cnc(N)cn2)ccc1=O.Cc1cc(CN(C)C(=O)OC(C)(C)C)ccc1-c1nnco1.O=C(O)O.O=C(O)O. The molecule has 18 heteroatoms. The van der Waals surface area contributed by atoms with E-state index >= 15 is 0 Å². The molecule has 0 fully saturated rings. The predicted octanol–water partition coefficient (Wildman–Crippen LogP) is 7.63. The van der Waals surface area contributed by atoms with Crippen molar-refractivity contribution in [3.63, 3.8) is 0 Å². The molecule has 0 spiro atoms. The van der Waals surface area contributed by atoms with E-state index in [4.69, 9.17) is 44.9 Å². The van der Waals surface area contributed by atoms with Crippen molar-refractivity contribution < 1.29 is 44.0 Å². The third kappa shape index (κ3) is 29.0. The van der Waals surface area contributed by atoms with Crippen molar-refractivity contribution in [2.75, 3.05) is 33.4 Å². The van der Waals surface area contributed by atoms with E-state index < -0.39 is 17.9 Å². The molecule has 4 rings (SSSR count). The molecule has 0 saturated carbocycles. The Balaban J connectivity index is 0. The molecule has 0 aliphatic carbocycles. The zero-order chi connectivity index (χ0) is 44.5. The summed E-state index contributed by atoms with van der Waals surface area (Å²) in [5.74, 6) is 2.54. The minimum atomic E-state index is -1.83. The number of amides is 1. The fourth-order valence-corrected chi connectivity index (χ4v) is 3.69. The van der Waals surface area contributed by atoms with Crippen LogP contribution >= 0.6 is 0 Å². The molecule has 318 valence electrons. The number of ether oxygens (including phenoxy) is 1. The van der Waals surface area contributed by atoms with Crippen molar-refractivity contribution in [1.29, 1.82) is 0 Å². The van der Waals surface area contributed by atoms with Gasteiger partial charge < -0.3 is 49.7 Å². The van der Waals surface area contributed by atoms with Crippen LogP contribution in [-0.2, 0) is 17.8 Å². The van der Waals surface area contributed by atoms with Crippen molar-refractivity contribution in [3.05, 3.63) is 76.8 Å². The van der Waals surface area contributed by atoms with E-state index in [1.807, 2.05) is 64.9 Å². The minimum Gasteiger partial charge on any atom is -0.450 e. The second kappa shape index (κ2) is 27.5. The molecule has 0 saturated heterocycles. The Morgan fingerprint density at radius 2 is 1.44 bits per heavy atom. The van der Waals surface area contributed by atoms with Crippen LogP contribution in [0, 0.1) is 18.8 Å². The summed E-state index contributed by atoms with van der Waals surface area (Å²) in [5, 5.41) is 35.5. The van der Waals surface area contributed by atoms with Gasteiger partial charge in [0.2, 0.25) is 12.3 Å². The third-order valence-electron chi connectivity index (χ3n) is 5.75. The monoisotopic (exact) mass is 802 g/mol. The standard InChI is InChI=1S/C16H21N3O3.C13H17N5O.2C4H10.2CH2O3/c1-11-8-12(6-7-13(11)14-18-17-10-21-14)9-19(5)15(20)22-16(2,3)4;1-17(2)5-6-18-9-10(3-4-13(18)19)11-7-16-12(14)8-15-11;2*1-4(2)3;2*2-1(3)4/h6-8,10H,9H2,1-5H3;3-4,7-9H,5-6H2,1-2H3,(H2,14,16);2*4H,1-3H3;2*(H2,2,3,4). The minimum absolute atomic E-state index is 0.0194. The number of carbonyl (C=O) groups is 3. The quantitative estimate of drug-likeness (QED) is 0.120. The van der Waals surface area contributed by atoms with Crippen molar-refractivity contribution >= 4 is 24.2 Å². The van der Waals surface area contributed by atoms with Gasteiger partial charge >= 0.3 is 18.4 Å². The summed E-state index contributed by atoms with van der Waals surface area (Å²) in [6.45, 7) is 22.4. The summed E-state index contributed by atoms with van der Waals surface area (Å²) in [6, 6.07) is 9.15. The van der Waals surface area contributed by atoms with Gasteiger partial charge in [0.05, 0.1) is 18.1 Å². The van der Waals surface area contributed by atoms with Gasteiger partial charge in [0.15, 0.2) is 0 Å². The molecular formula is C39H62N8O10. The molecule has 1 aromatic carbocycles. The zero-order valence-electron chi connectivity index (χ0n) is 35.4. The number of carboxylic acid groups (broad SMARTS) is 4. The first-order chi connectivity index (χ1) is 26.2. The Morgan fingerprint density at radius 3 is 1.86 bits per heavy atom. The highest BCUT2D eigenvalue weighted by Gasteiger charge is 2.20. The summed E-state index contributed by atoms with van der Waals surface area (Å²) in [4.78, 5) is 52.6. The lowest BCUT2D eigenvalue weighted by Gasteiger charge is -2.24. The summed E-state index contributed by atoms with van der Waals surface area (Å²) < 4.78 is 12.2. The van der Waals surface area contributed by atoms with Crippen LogP contribution in [0.2, 0.25) is 0 Å². The van der Waals surface area contributed by atoms with Crippen LogP contribution in [0.25, 0.3) is 22.7 Å². The number of benzene rings is 1. The van der Waals surface area contributed by atoms with Crippen LogP contribution < -0.4 is 11.3 Å². The maximum atomic E-state index is 12.0. The van der Waals surface area contributed by atoms with Crippen LogP contribution in [0.1, 0.15) is 73.4 Å². The van der Waals surface area contributed by atoms with Gasteiger partial charge in [-0.05, 0) is 76.9 Å². The Bertz CT molecular complexity index is 1760. The highest BCUT2D eigenvalue weighted by Crippen LogP contribution is 2.23. The largest absolute Gasteiger partial charge is 0.503 e. The summed E-state index contributed by atoms with van der Waals surface area (Å²) in [5.41, 5.74) is 9.46. The average molecular weight is 803 g/mol. The lowest BCUT2D eigenvalue weighted by atomic mass is 10.0. The lowest BCUT2D eigenvalue weighted by Crippen LogP contribution is -2.33. The van der Waals surface area contributed by atoms with E-state index in [1.165, 1.54) is 12.6 Å². The van der Waals surface area contributed by atoms with E-state index in [2.05, 4.69) is 61.7 Å². The number of hydrogen-bond donors (Lipinski definition) is 5. The maximum absolute atomic E-state index is 12.0. The molecule has 0 bridgehead atoms. The molecule has 3 aromatic heterocycles. The van der Waals surface area contributed by atoms with Gasteiger partial charge in [-0.15, -0.1) is 10.2 Å². The number of hydrogen-bond acceptors (Lipinski definition) is 12. The number of rotatable bonds is 7. The fraction of sp³-hybridized carbons (Fsp3) is 0.487. The average Bonchev–Trinajstić information content (AvgIpc) is 3.58. The Morgan fingerprint density at radius 1 is 0.895 bits per heavy atom. The normalized spacial score (nSPS) is 10.1. The first-order valence-corrected chi connectivity index (χ1v) is 17.8. The van der Waals surface area contributed by atoms with Crippen LogP contribution in [0.5, 0.6) is 0 Å². The van der Waals surface area contributed by atoms with E-state index in [9.17, 15) is 9.59 Å². The van der Waals surface area contributed by atoms with Gasteiger partial charge in [0.1, 0.15) is 11.4 Å². The van der Waals surface area contributed by atoms with Crippen molar-refractivity contribution in [1.82, 2.24) is 34.5 Å². The van der Waals surface area contributed by atoms with Crippen LogP contribution in [0.3, 0.4) is 0 Å². The van der Waals surface area contributed by atoms with Gasteiger partial charge in [0, 0.05) is 50.1 Å². The number of carbonyl (C=O) groups excluding carboxylic acids is 1. The van der Waals surface area contributed by atoms with Crippen molar-refractivity contribution in [2.45, 2.75) is 87.9 Å². The second-order valence-electron chi connectivity index (χ2n) is 14.8. The van der Waals surface area contributed by atoms with Gasteiger partial charge in [-0.3, -0.25) is 9.78 Å². The molecule has 0 aliphatic rings. The summed E-state index contributed by atoms with van der Waals surface area (Å²) >= 11 is 0. The number of aromatic nitrogens is 5. The number of likely N-dealkylation sites (N-methyl/N-ethyl adjacent to an activating group) is 1. The summed E-state index contributed by atoms with van der Waals surface area (Å²) in [7, 11) is 5.66. The topological polar surface area (TPSA) is 261 Å². The Hall–Kier alpha value is -6.04. The molecule has 0 radical (unpaired) electrons. The molecule has 0 aliphatic heterocycles. The van der Waals surface area contributed by atoms with Gasteiger partial charge in [-0.1, -0.05) is 53.7 Å². The number of anilines is 1.